The molecule has 0 aliphatic heterocycles. The van der Waals surface area contributed by atoms with Crippen LogP contribution in [0, 0.1) is 0 Å². The molecule has 1 N–H and O–H groups in total. The molecule has 0 unspecified atom stereocenters. The van der Waals surface area contributed by atoms with E-state index in [4.69, 9.17) is 5.10 Å². The molecule has 5 aromatic rings. The Balaban J connectivity index is 1.52. The van der Waals surface area contributed by atoms with Crippen molar-refractivity contribution in [1.29, 1.82) is 0 Å². The highest BCUT2D eigenvalue weighted by Gasteiger charge is 2.16. The molecule has 5 heteroatoms. The SMILES string of the molecule is c1ccc(NCCn2cc(-c3ccnc4ccccc34)c(-c3ccccn3)n2)cc1. The maximum absolute atomic E-state index is 4.89. The number of aromatic nitrogens is 4. The lowest BCUT2D eigenvalue weighted by Gasteiger charge is -2.06. The van der Waals surface area contributed by atoms with Gasteiger partial charge in [-0.05, 0) is 42.0 Å². The Morgan fingerprint density at radius 3 is 2.43 bits per heavy atom. The standard InChI is InChI=1S/C25H21N5/c1-2-8-19(9-3-1)26-16-17-30-18-22(25(29-30)24-12-6-7-14-27-24)20-13-15-28-23-11-5-4-10-21(20)23/h1-15,18,26H,16-17H2. The Kier molecular flexibility index (Phi) is 4.92. The van der Waals surface area contributed by atoms with Crippen molar-refractivity contribution < 1.29 is 0 Å². The molecule has 0 saturated heterocycles. The lowest BCUT2D eigenvalue weighted by molar-refractivity contribution is 0.639. The lowest BCUT2D eigenvalue weighted by atomic mass is 10.0. The molecule has 5 rings (SSSR count). The van der Waals surface area contributed by atoms with Crippen LogP contribution in [0.1, 0.15) is 0 Å². The number of fused-ring (bicyclic) bond motifs is 1. The normalized spacial score (nSPS) is 10.9. The van der Waals surface area contributed by atoms with Crippen LogP contribution in [0.4, 0.5) is 5.69 Å². The first-order valence-corrected chi connectivity index (χ1v) is 10.0. The molecule has 0 radical (unpaired) electrons. The minimum absolute atomic E-state index is 0.748. The summed E-state index contributed by atoms with van der Waals surface area (Å²) in [5, 5.41) is 9.44. The third-order valence-corrected chi connectivity index (χ3v) is 5.05. The van der Waals surface area contributed by atoms with Gasteiger partial charge >= 0.3 is 0 Å². The number of benzene rings is 2. The van der Waals surface area contributed by atoms with E-state index in [0.717, 1.165) is 52.2 Å². The van der Waals surface area contributed by atoms with Gasteiger partial charge in [-0.3, -0.25) is 14.6 Å². The van der Waals surface area contributed by atoms with Crippen molar-refractivity contribution in [2.75, 3.05) is 11.9 Å². The molecule has 5 nitrogen and oxygen atoms in total. The summed E-state index contributed by atoms with van der Waals surface area (Å²) < 4.78 is 1.99. The largest absolute Gasteiger partial charge is 0.383 e. The molecule has 0 aliphatic rings. The summed E-state index contributed by atoms with van der Waals surface area (Å²) in [4.78, 5) is 9.06. The molecule has 0 spiro atoms. The molecule has 0 saturated carbocycles. The Hall–Kier alpha value is -3.99. The first kappa shape index (κ1) is 18.1. The van der Waals surface area contributed by atoms with Gasteiger partial charge in [-0.2, -0.15) is 5.10 Å². The van der Waals surface area contributed by atoms with Gasteiger partial charge in [-0.1, -0.05) is 42.5 Å². The summed E-state index contributed by atoms with van der Waals surface area (Å²) in [6, 6.07) is 26.4. The van der Waals surface area contributed by atoms with Crippen molar-refractivity contribution in [3.8, 4) is 22.5 Å². The van der Waals surface area contributed by atoms with E-state index >= 15 is 0 Å². The third-order valence-electron chi connectivity index (χ3n) is 5.05. The second-order valence-electron chi connectivity index (χ2n) is 7.04. The highest BCUT2D eigenvalue weighted by Crippen LogP contribution is 2.34. The maximum Gasteiger partial charge on any atom is 0.119 e. The Morgan fingerprint density at radius 1 is 0.733 bits per heavy atom. The zero-order chi connectivity index (χ0) is 20.2. The summed E-state index contributed by atoms with van der Waals surface area (Å²) in [6.07, 6.45) is 5.77. The van der Waals surface area contributed by atoms with Gasteiger partial charge in [0, 0.05) is 41.8 Å². The molecule has 0 amide bonds. The van der Waals surface area contributed by atoms with Crippen molar-refractivity contribution >= 4 is 16.6 Å². The fourth-order valence-corrected chi connectivity index (χ4v) is 3.63. The third kappa shape index (κ3) is 3.65. The highest BCUT2D eigenvalue weighted by atomic mass is 15.3. The zero-order valence-electron chi connectivity index (χ0n) is 16.4. The van der Waals surface area contributed by atoms with E-state index < -0.39 is 0 Å². The number of nitrogens with zero attached hydrogens (tertiary/aromatic N) is 4. The number of anilines is 1. The van der Waals surface area contributed by atoms with Crippen LogP contribution >= 0.6 is 0 Å². The summed E-state index contributed by atoms with van der Waals surface area (Å²) in [5.41, 5.74) is 6.00. The molecule has 30 heavy (non-hydrogen) atoms. The van der Waals surface area contributed by atoms with Crippen LogP contribution in [-0.2, 0) is 6.54 Å². The molecule has 146 valence electrons. The Morgan fingerprint density at radius 2 is 1.57 bits per heavy atom. The van der Waals surface area contributed by atoms with Crippen molar-refractivity contribution in [2.24, 2.45) is 0 Å². The topological polar surface area (TPSA) is 55.6 Å². The molecule has 3 aromatic heterocycles. The summed E-state index contributed by atoms with van der Waals surface area (Å²) in [5.74, 6) is 0. The molecule has 2 aromatic carbocycles. The summed E-state index contributed by atoms with van der Waals surface area (Å²) >= 11 is 0. The fraction of sp³-hybridized carbons (Fsp3) is 0.0800. The van der Waals surface area contributed by atoms with Gasteiger partial charge in [0.05, 0.1) is 17.8 Å². The number of para-hydroxylation sites is 2. The summed E-state index contributed by atoms with van der Waals surface area (Å²) in [6.45, 7) is 1.53. The van der Waals surface area contributed by atoms with E-state index in [1.54, 1.807) is 6.20 Å². The van der Waals surface area contributed by atoms with Gasteiger partial charge in [-0.15, -0.1) is 0 Å². The van der Waals surface area contributed by atoms with E-state index in [1.165, 1.54) is 0 Å². The number of hydrogen-bond donors (Lipinski definition) is 1. The molecular weight excluding hydrogens is 370 g/mol. The van der Waals surface area contributed by atoms with Crippen LogP contribution in [0.5, 0.6) is 0 Å². The van der Waals surface area contributed by atoms with Gasteiger partial charge in [-0.25, -0.2) is 0 Å². The number of hydrogen-bond acceptors (Lipinski definition) is 4. The smallest absolute Gasteiger partial charge is 0.119 e. The van der Waals surface area contributed by atoms with Crippen LogP contribution in [-0.4, -0.2) is 26.3 Å². The van der Waals surface area contributed by atoms with E-state index in [1.807, 2.05) is 65.5 Å². The zero-order valence-corrected chi connectivity index (χ0v) is 16.4. The number of rotatable bonds is 6. The van der Waals surface area contributed by atoms with E-state index in [-0.39, 0.29) is 0 Å². The first-order valence-electron chi connectivity index (χ1n) is 10.0. The van der Waals surface area contributed by atoms with Gasteiger partial charge in [0.15, 0.2) is 0 Å². The van der Waals surface area contributed by atoms with Gasteiger partial charge in [0.1, 0.15) is 5.69 Å². The predicted molar refractivity (Wildman–Crippen MR) is 121 cm³/mol. The second-order valence-corrected chi connectivity index (χ2v) is 7.04. The summed E-state index contributed by atoms with van der Waals surface area (Å²) in [7, 11) is 0. The quantitative estimate of drug-likeness (QED) is 0.428. The molecule has 0 aliphatic carbocycles. The average Bonchev–Trinajstić information content (AvgIpc) is 3.24. The van der Waals surface area contributed by atoms with Crippen molar-refractivity contribution in [2.45, 2.75) is 6.54 Å². The molecule has 0 bridgehead atoms. The van der Waals surface area contributed by atoms with Gasteiger partial charge in [0.2, 0.25) is 0 Å². The molecule has 3 heterocycles. The number of nitrogens with one attached hydrogen (secondary N) is 1. The van der Waals surface area contributed by atoms with Crippen LogP contribution in [0.25, 0.3) is 33.4 Å². The van der Waals surface area contributed by atoms with Crippen molar-refractivity contribution in [3.63, 3.8) is 0 Å². The molecular formula is C25H21N5. The van der Waals surface area contributed by atoms with Crippen LogP contribution in [0.15, 0.2) is 97.5 Å². The predicted octanol–water partition coefficient (Wildman–Crippen LogP) is 5.27. The lowest BCUT2D eigenvalue weighted by Crippen LogP contribution is -2.10. The van der Waals surface area contributed by atoms with Crippen LogP contribution in [0.3, 0.4) is 0 Å². The van der Waals surface area contributed by atoms with Crippen LogP contribution in [0.2, 0.25) is 0 Å². The highest BCUT2D eigenvalue weighted by molar-refractivity contribution is 5.97. The minimum atomic E-state index is 0.748. The van der Waals surface area contributed by atoms with E-state index in [0.29, 0.717) is 0 Å². The van der Waals surface area contributed by atoms with Gasteiger partial charge in [0.25, 0.3) is 0 Å². The van der Waals surface area contributed by atoms with E-state index in [9.17, 15) is 0 Å². The van der Waals surface area contributed by atoms with Crippen molar-refractivity contribution in [1.82, 2.24) is 19.7 Å². The first-order chi connectivity index (χ1) is 14.9. The minimum Gasteiger partial charge on any atom is -0.383 e. The van der Waals surface area contributed by atoms with Gasteiger partial charge < -0.3 is 5.32 Å². The maximum atomic E-state index is 4.89. The Bertz CT molecular complexity index is 1260. The van der Waals surface area contributed by atoms with Crippen molar-refractivity contribution in [3.05, 3.63) is 97.5 Å². The van der Waals surface area contributed by atoms with Crippen LogP contribution < -0.4 is 5.32 Å². The second kappa shape index (κ2) is 8.17. The Labute approximate surface area is 175 Å². The monoisotopic (exact) mass is 391 g/mol. The molecule has 0 atom stereocenters. The van der Waals surface area contributed by atoms with E-state index in [2.05, 4.69) is 45.7 Å². The average molecular weight is 391 g/mol. The fourth-order valence-electron chi connectivity index (χ4n) is 3.63. The number of pyridine rings is 2. The molecule has 0 fully saturated rings.